The lowest BCUT2D eigenvalue weighted by molar-refractivity contribution is -0.144. The minimum atomic E-state index is -1.52. The van der Waals surface area contributed by atoms with Gasteiger partial charge in [0.05, 0.1) is 12.6 Å². The largest absolute Gasteiger partial charge is 0.479 e. The Labute approximate surface area is 97.1 Å². The molecule has 1 aliphatic heterocycles. The first-order chi connectivity index (χ1) is 7.88. The van der Waals surface area contributed by atoms with E-state index in [1.54, 1.807) is 0 Å². The molecule has 1 heterocycles. The lowest BCUT2D eigenvalue weighted by Gasteiger charge is -2.36. The maximum atomic E-state index is 10.7. The molecule has 8 nitrogen and oxygen atoms in total. The fourth-order valence-electron chi connectivity index (χ4n) is 1.52. The number of carboxylic acids is 1. The number of nitrogens with two attached hydrogens (primary N) is 2. The number of aliphatic hydroxyl groups excluding tert-OH is 3. The van der Waals surface area contributed by atoms with Gasteiger partial charge >= 0.3 is 5.97 Å². The van der Waals surface area contributed by atoms with Crippen molar-refractivity contribution in [2.75, 3.05) is 6.61 Å². The Balaban J connectivity index is 2.87. The zero-order chi connectivity index (χ0) is 13.2. The van der Waals surface area contributed by atoms with Crippen LogP contribution in [0.2, 0.25) is 0 Å². The number of carboxylic acid groups (broad SMARTS) is 1. The third-order valence-corrected chi connectivity index (χ3v) is 2.56. The van der Waals surface area contributed by atoms with Crippen molar-refractivity contribution in [3.05, 3.63) is 11.8 Å². The highest BCUT2D eigenvalue weighted by molar-refractivity contribution is 5.84. The summed E-state index contributed by atoms with van der Waals surface area (Å²) in [6.45, 7) is -0.699. The van der Waals surface area contributed by atoms with Gasteiger partial charge in [-0.25, -0.2) is 4.79 Å². The molecule has 0 amide bonds. The second kappa shape index (κ2) is 5.43. The normalized spacial score (nSPS) is 32.3. The predicted molar refractivity (Wildman–Crippen MR) is 55.6 cm³/mol. The van der Waals surface area contributed by atoms with Crippen molar-refractivity contribution in [1.82, 2.24) is 0 Å². The van der Waals surface area contributed by atoms with E-state index in [9.17, 15) is 15.0 Å². The maximum absolute atomic E-state index is 10.7. The monoisotopic (exact) mass is 248 g/mol. The number of hydrogen-bond acceptors (Lipinski definition) is 7. The fourth-order valence-corrected chi connectivity index (χ4v) is 1.52. The lowest BCUT2D eigenvalue weighted by Crippen LogP contribution is -2.59. The van der Waals surface area contributed by atoms with Crippen LogP contribution in [0.25, 0.3) is 0 Å². The summed E-state index contributed by atoms with van der Waals surface area (Å²) in [5.74, 6) is -1.78. The maximum Gasteiger partial charge on any atom is 0.370 e. The zero-order valence-electron chi connectivity index (χ0n) is 8.93. The quantitative estimate of drug-likeness (QED) is 0.302. The molecule has 0 aromatic heterocycles. The van der Waals surface area contributed by atoms with E-state index < -0.39 is 48.7 Å². The molecule has 0 fully saturated rings. The van der Waals surface area contributed by atoms with Gasteiger partial charge in [-0.1, -0.05) is 0 Å². The minimum absolute atomic E-state index is 0.437. The van der Waals surface area contributed by atoms with Gasteiger partial charge < -0.3 is 36.6 Å². The van der Waals surface area contributed by atoms with E-state index >= 15 is 0 Å². The number of hydrogen-bond donors (Lipinski definition) is 6. The first-order valence-electron chi connectivity index (χ1n) is 4.98. The summed E-state index contributed by atoms with van der Waals surface area (Å²) in [6.07, 6.45) is -3.07. The summed E-state index contributed by atoms with van der Waals surface area (Å²) in [4.78, 5) is 10.7. The Bertz CT molecular complexity index is 321. The molecule has 0 saturated carbocycles. The van der Waals surface area contributed by atoms with Crippen molar-refractivity contribution >= 4 is 5.97 Å². The molecule has 0 bridgehead atoms. The molecule has 0 aliphatic carbocycles. The first kappa shape index (κ1) is 13.9. The topological polar surface area (TPSA) is 159 Å². The van der Waals surface area contributed by atoms with Crippen LogP contribution in [0.5, 0.6) is 0 Å². The molecule has 1 aliphatic rings. The van der Waals surface area contributed by atoms with Gasteiger partial charge in [0, 0.05) is 6.04 Å². The second-order valence-corrected chi connectivity index (χ2v) is 3.81. The predicted octanol–water partition coefficient (Wildman–Crippen LogP) is -3.28. The Hall–Kier alpha value is -1.19. The first-order valence-corrected chi connectivity index (χ1v) is 4.98. The highest BCUT2D eigenvalue weighted by Crippen LogP contribution is 2.20. The van der Waals surface area contributed by atoms with Crippen LogP contribution < -0.4 is 11.5 Å². The van der Waals surface area contributed by atoms with E-state index in [4.69, 9.17) is 26.4 Å². The number of rotatable bonds is 4. The van der Waals surface area contributed by atoms with Gasteiger partial charge in [0.2, 0.25) is 5.76 Å². The highest BCUT2D eigenvalue weighted by atomic mass is 16.5. The molecule has 98 valence electrons. The van der Waals surface area contributed by atoms with Crippen LogP contribution in [-0.4, -0.2) is 63.4 Å². The molecule has 0 spiro atoms. The van der Waals surface area contributed by atoms with Crippen LogP contribution in [0.4, 0.5) is 0 Å². The van der Waals surface area contributed by atoms with E-state index in [2.05, 4.69) is 0 Å². The Morgan fingerprint density at radius 3 is 2.53 bits per heavy atom. The minimum Gasteiger partial charge on any atom is -0.479 e. The van der Waals surface area contributed by atoms with Crippen molar-refractivity contribution in [2.24, 2.45) is 11.5 Å². The van der Waals surface area contributed by atoms with Crippen LogP contribution in [0.15, 0.2) is 11.8 Å². The van der Waals surface area contributed by atoms with Crippen LogP contribution in [0.3, 0.4) is 0 Å². The van der Waals surface area contributed by atoms with Crippen molar-refractivity contribution < 1.29 is 30.0 Å². The van der Waals surface area contributed by atoms with Gasteiger partial charge in [-0.05, 0) is 6.08 Å². The molecular weight excluding hydrogens is 232 g/mol. The van der Waals surface area contributed by atoms with Gasteiger partial charge in [0.25, 0.3) is 0 Å². The molecule has 0 radical (unpaired) electrons. The van der Waals surface area contributed by atoms with E-state index in [1.165, 1.54) is 0 Å². The van der Waals surface area contributed by atoms with Crippen molar-refractivity contribution in [1.29, 1.82) is 0 Å². The summed E-state index contributed by atoms with van der Waals surface area (Å²) in [6, 6.07) is -1.70. The number of aliphatic hydroxyl groups is 3. The third kappa shape index (κ3) is 2.93. The summed E-state index contributed by atoms with van der Waals surface area (Å²) in [7, 11) is 0. The molecule has 1 rings (SSSR count). The molecule has 0 aromatic rings. The van der Waals surface area contributed by atoms with Gasteiger partial charge in [0.1, 0.15) is 18.3 Å². The van der Waals surface area contributed by atoms with Gasteiger partial charge in [-0.15, -0.1) is 0 Å². The summed E-state index contributed by atoms with van der Waals surface area (Å²) in [5, 5.41) is 36.4. The Morgan fingerprint density at radius 1 is 1.47 bits per heavy atom. The number of ether oxygens (including phenoxy) is 1. The molecule has 8 heteroatoms. The van der Waals surface area contributed by atoms with Crippen LogP contribution >= 0.6 is 0 Å². The fraction of sp³-hybridized carbons (Fsp3) is 0.667. The molecule has 0 saturated heterocycles. The zero-order valence-corrected chi connectivity index (χ0v) is 8.93. The average Bonchev–Trinajstić information content (AvgIpc) is 2.30. The number of aliphatic carboxylic acids is 1. The standard InChI is InChI=1S/C9H16N2O6/c10-3-1-5(9(15)16)17-8(6(3)11)7(14)4(13)2-12/h1,3-4,6-8,12-14H,2,10-11H2,(H,15,16)/t3-,4+,6+,7+,8+/m0/s1. The van der Waals surface area contributed by atoms with Crippen molar-refractivity contribution in [2.45, 2.75) is 30.4 Å². The average molecular weight is 248 g/mol. The van der Waals surface area contributed by atoms with Gasteiger partial charge in [-0.3, -0.25) is 0 Å². The molecular formula is C9H16N2O6. The van der Waals surface area contributed by atoms with Crippen LogP contribution in [0, 0.1) is 0 Å². The molecule has 0 unspecified atom stereocenters. The summed E-state index contributed by atoms with van der Waals surface area (Å²) < 4.78 is 4.95. The van der Waals surface area contributed by atoms with Gasteiger partial charge in [0.15, 0.2) is 0 Å². The van der Waals surface area contributed by atoms with Crippen LogP contribution in [-0.2, 0) is 9.53 Å². The van der Waals surface area contributed by atoms with Crippen LogP contribution in [0.1, 0.15) is 0 Å². The molecule has 17 heavy (non-hydrogen) atoms. The SMILES string of the molecule is N[C@H]1[C@H]([C@H](O)[C@H](O)CO)OC(C(=O)O)=C[C@@H]1N. The summed E-state index contributed by atoms with van der Waals surface area (Å²) >= 11 is 0. The number of carbonyl (C=O) groups is 1. The van der Waals surface area contributed by atoms with E-state index in [0.29, 0.717) is 0 Å². The van der Waals surface area contributed by atoms with Crippen molar-refractivity contribution in [3.8, 4) is 0 Å². The lowest BCUT2D eigenvalue weighted by atomic mass is 9.93. The van der Waals surface area contributed by atoms with E-state index in [-0.39, 0.29) is 0 Å². The van der Waals surface area contributed by atoms with E-state index in [0.717, 1.165) is 6.08 Å². The smallest absolute Gasteiger partial charge is 0.370 e. The highest BCUT2D eigenvalue weighted by Gasteiger charge is 2.39. The molecule has 0 aromatic carbocycles. The van der Waals surface area contributed by atoms with Crippen molar-refractivity contribution in [3.63, 3.8) is 0 Å². The summed E-state index contributed by atoms with van der Waals surface area (Å²) in [5.41, 5.74) is 11.2. The second-order valence-electron chi connectivity index (χ2n) is 3.81. The van der Waals surface area contributed by atoms with Gasteiger partial charge in [-0.2, -0.15) is 0 Å². The Morgan fingerprint density at radius 2 is 2.06 bits per heavy atom. The third-order valence-electron chi connectivity index (χ3n) is 2.56. The molecule has 8 N–H and O–H groups in total. The van der Waals surface area contributed by atoms with E-state index in [1.807, 2.05) is 0 Å². The Kier molecular flexibility index (Phi) is 4.43. The molecule has 5 atom stereocenters.